The van der Waals surface area contributed by atoms with Crippen molar-refractivity contribution >= 4 is 17.3 Å². The molecule has 0 atom stereocenters. The van der Waals surface area contributed by atoms with Gasteiger partial charge in [-0.2, -0.15) is 0 Å². The molecule has 0 radical (unpaired) electrons. The third kappa shape index (κ3) is 4.63. The predicted octanol–water partition coefficient (Wildman–Crippen LogP) is 3.00. The van der Waals surface area contributed by atoms with Crippen LogP contribution in [0.25, 0.3) is 11.1 Å². The summed E-state index contributed by atoms with van der Waals surface area (Å²) in [4.78, 5) is 19.2. The van der Waals surface area contributed by atoms with Gasteiger partial charge < -0.3 is 21.1 Å². The number of nitrogens with one attached hydrogen (secondary N) is 1. The van der Waals surface area contributed by atoms with Crippen LogP contribution in [0, 0.1) is 11.7 Å². The van der Waals surface area contributed by atoms with Crippen molar-refractivity contribution in [1.29, 1.82) is 0 Å². The molecule has 160 valence electrons. The van der Waals surface area contributed by atoms with Gasteiger partial charge in [0.25, 0.3) is 0 Å². The van der Waals surface area contributed by atoms with Crippen molar-refractivity contribution in [3.05, 3.63) is 41.8 Å². The summed E-state index contributed by atoms with van der Waals surface area (Å²) in [6.07, 6.45) is 4.79. The highest BCUT2D eigenvalue weighted by molar-refractivity contribution is 6.01. The van der Waals surface area contributed by atoms with Crippen LogP contribution in [0.1, 0.15) is 42.5 Å². The Morgan fingerprint density at radius 2 is 1.93 bits per heavy atom. The highest BCUT2D eigenvalue weighted by Gasteiger charge is 2.24. The van der Waals surface area contributed by atoms with Crippen molar-refractivity contribution in [2.45, 2.75) is 38.2 Å². The quantitative estimate of drug-likeness (QED) is 0.654. The van der Waals surface area contributed by atoms with Crippen LogP contribution < -0.4 is 16.0 Å². The summed E-state index contributed by atoms with van der Waals surface area (Å²) in [5.41, 5.74) is 8.15. The first-order valence-corrected chi connectivity index (χ1v) is 10.7. The van der Waals surface area contributed by atoms with E-state index in [-0.39, 0.29) is 29.4 Å². The number of nitrogens with two attached hydrogens (primary N) is 1. The van der Waals surface area contributed by atoms with E-state index >= 15 is 0 Å². The molecular formula is C23H29FN4O2. The lowest BCUT2D eigenvalue weighted by molar-refractivity contribution is 0.0860. The van der Waals surface area contributed by atoms with Gasteiger partial charge in [-0.05, 0) is 55.9 Å². The number of carbonyl (C=O) groups is 1. The van der Waals surface area contributed by atoms with Crippen LogP contribution in [0.15, 0.2) is 30.5 Å². The number of piperazine rings is 1. The fraction of sp³-hybridized carbons (Fsp3) is 0.478. The maximum atomic E-state index is 14.9. The molecule has 0 bridgehead atoms. The first-order valence-electron chi connectivity index (χ1n) is 10.7. The Morgan fingerprint density at radius 3 is 2.63 bits per heavy atom. The smallest absolute Gasteiger partial charge is 0.166 e. The number of rotatable bonds is 5. The van der Waals surface area contributed by atoms with E-state index in [4.69, 9.17) is 5.73 Å². The predicted molar refractivity (Wildman–Crippen MR) is 116 cm³/mol. The van der Waals surface area contributed by atoms with Gasteiger partial charge in [-0.3, -0.25) is 4.79 Å². The Balaban J connectivity index is 1.53. The highest BCUT2D eigenvalue weighted by Crippen LogP contribution is 2.31. The number of aromatic nitrogens is 1. The minimum absolute atomic E-state index is 0.0684. The van der Waals surface area contributed by atoms with Gasteiger partial charge in [0, 0.05) is 55.6 Å². The van der Waals surface area contributed by atoms with E-state index in [0.717, 1.165) is 57.5 Å². The average molecular weight is 413 g/mol. The van der Waals surface area contributed by atoms with Crippen LogP contribution in [-0.4, -0.2) is 48.2 Å². The summed E-state index contributed by atoms with van der Waals surface area (Å²) in [5.74, 6) is 0.0230. The maximum absolute atomic E-state index is 14.9. The van der Waals surface area contributed by atoms with E-state index in [1.165, 1.54) is 6.20 Å². The van der Waals surface area contributed by atoms with E-state index in [1.807, 2.05) is 6.07 Å². The lowest BCUT2D eigenvalue weighted by atomic mass is 9.83. The molecule has 1 saturated heterocycles. The monoisotopic (exact) mass is 412 g/mol. The Labute approximate surface area is 176 Å². The molecule has 30 heavy (non-hydrogen) atoms. The number of carbonyl (C=O) groups excluding carboxylic acids is 1. The van der Waals surface area contributed by atoms with E-state index in [1.54, 1.807) is 18.2 Å². The molecule has 1 saturated carbocycles. The topological polar surface area (TPSA) is 91.5 Å². The van der Waals surface area contributed by atoms with Gasteiger partial charge in [0.15, 0.2) is 5.78 Å². The number of Topliss-reactive ketones (excluding diaryl/α,β-unsaturated/α-hetero) is 1. The summed E-state index contributed by atoms with van der Waals surface area (Å²) >= 11 is 0. The van der Waals surface area contributed by atoms with Crippen molar-refractivity contribution in [3.8, 4) is 11.1 Å². The number of aliphatic hydroxyl groups excluding tert-OH is 1. The number of ketones is 1. The number of hydrogen-bond acceptors (Lipinski definition) is 6. The molecule has 1 aromatic heterocycles. The third-order valence-electron chi connectivity index (χ3n) is 6.26. The molecule has 0 spiro atoms. The number of aliphatic hydroxyl groups is 1. The van der Waals surface area contributed by atoms with Crippen LogP contribution in [0.3, 0.4) is 0 Å². The van der Waals surface area contributed by atoms with E-state index in [2.05, 4.69) is 15.2 Å². The van der Waals surface area contributed by atoms with E-state index in [0.29, 0.717) is 23.1 Å². The molecule has 2 aliphatic rings. The molecule has 6 nitrogen and oxygen atoms in total. The van der Waals surface area contributed by atoms with Crippen molar-refractivity contribution in [2.75, 3.05) is 36.8 Å². The summed E-state index contributed by atoms with van der Waals surface area (Å²) in [7, 11) is 0. The van der Waals surface area contributed by atoms with Gasteiger partial charge in [-0.1, -0.05) is 0 Å². The van der Waals surface area contributed by atoms with Crippen molar-refractivity contribution in [3.63, 3.8) is 0 Å². The molecule has 4 rings (SSSR count). The zero-order chi connectivity index (χ0) is 21.1. The van der Waals surface area contributed by atoms with Crippen molar-refractivity contribution < 1.29 is 14.3 Å². The molecule has 1 aliphatic heterocycles. The van der Waals surface area contributed by atoms with Gasteiger partial charge in [-0.25, -0.2) is 9.37 Å². The maximum Gasteiger partial charge on any atom is 0.166 e. The summed E-state index contributed by atoms with van der Waals surface area (Å²) in [5, 5.41) is 12.9. The molecule has 2 aromatic rings. The van der Waals surface area contributed by atoms with Gasteiger partial charge in [0.05, 0.1) is 11.7 Å². The number of pyridine rings is 1. The molecule has 1 aliphatic carbocycles. The standard InChI is InChI=1S/C23H29FN4O2/c24-21-13-17(28-9-7-26-8-10-28)3-6-19(21)16-12-20(23(25)27-14-16)22(30)11-15-1-4-18(29)5-2-15/h3,6,12-15,18,26,29H,1-2,4-5,7-11H2,(H2,25,27). The number of benzene rings is 1. The SMILES string of the molecule is Nc1ncc(-c2ccc(N3CCNCC3)cc2F)cc1C(=O)CC1CCC(O)CC1. The number of nitrogens with zero attached hydrogens (tertiary/aromatic N) is 2. The van der Waals surface area contributed by atoms with E-state index < -0.39 is 0 Å². The molecular weight excluding hydrogens is 383 g/mol. The Morgan fingerprint density at radius 1 is 1.20 bits per heavy atom. The van der Waals surface area contributed by atoms with Gasteiger partial charge in [-0.15, -0.1) is 0 Å². The Kier molecular flexibility index (Phi) is 6.29. The second-order valence-electron chi connectivity index (χ2n) is 8.36. The summed E-state index contributed by atoms with van der Waals surface area (Å²) < 4.78 is 14.9. The van der Waals surface area contributed by atoms with Gasteiger partial charge in [0.2, 0.25) is 0 Å². The lowest BCUT2D eigenvalue weighted by Crippen LogP contribution is -2.43. The fourth-order valence-electron chi connectivity index (χ4n) is 4.42. The van der Waals surface area contributed by atoms with Crippen LogP contribution in [0.2, 0.25) is 0 Å². The van der Waals surface area contributed by atoms with Crippen LogP contribution in [-0.2, 0) is 0 Å². The number of halogens is 1. The minimum Gasteiger partial charge on any atom is -0.393 e. The van der Waals surface area contributed by atoms with Gasteiger partial charge in [0.1, 0.15) is 11.6 Å². The average Bonchev–Trinajstić information content (AvgIpc) is 2.76. The van der Waals surface area contributed by atoms with Crippen LogP contribution in [0.4, 0.5) is 15.9 Å². The Bertz CT molecular complexity index is 906. The molecule has 1 aromatic carbocycles. The van der Waals surface area contributed by atoms with Crippen molar-refractivity contribution in [2.24, 2.45) is 5.92 Å². The summed E-state index contributed by atoms with van der Waals surface area (Å²) in [6, 6.07) is 6.86. The fourth-order valence-corrected chi connectivity index (χ4v) is 4.42. The molecule has 4 N–H and O–H groups in total. The Hall–Kier alpha value is -2.51. The molecule has 7 heteroatoms. The second kappa shape index (κ2) is 9.10. The summed E-state index contributed by atoms with van der Waals surface area (Å²) in [6.45, 7) is 3.46. The minimum atomic E-state index is -0.336. The molecule has 0 amide bonds. The number of nitrogen functional groups attached to an aromatic ring is 1. The first kappa shape index (κ1) is 20.8. The third-order valence-corrected chi connectivity index (χ3v) is 6.26. The lowest BCUT2D eigenvalue weighted by Gasteiger charge is -2.29. The zero-order valence-corrected chi connectivity index (χ0v) is 17.1. The number of anilines is 2. The van der Waals surface area contributed by atoms with Crippen LogP contribution >= 0.6 is 0 Å². The molecule has 0 unspecified atom stereocenters. The highest BCUT2D eigenvalue weighted by atomic mass is 19.1. The zero-order valence-electron chi connectivity index (χ0n) is 17.1. The van der Waals surface area contributed by atoms with Gasteiger partial charge >= 0.3 is 0 Å². The molecule has 2 fully saturated rings. The first-order chi connectivity index (χ1) is 14.5. The largest absolute Gasteiger partial charge is 0.393 e. The van der Waals surface area contributed by atoms with E-state index in [9.17, 15) is 14.3 Å². The normalized spacial score (nSPS) is 22.1. The second-order valence-corrected chi connectivity index (χ2v) is 8.36. The van der Waals surface area contributed by atoms with Crippen molar-refractivity contribution in [1.82, 2.24) is 10.3 Å². The number of hydrogen-bond donors (Lipinski definition) is 3. The van der Waals surface area contributed by atoms with Crippen LogP contribution in [0.5, 0.6) is 0 Å². The molecule has 2 heterocycles.